The third-order valence-electron chi connectivity index (χ3n) is 4.23. The Morgan fingerprint density at radius 2 is 1.60 bits per heavy atom. The molecule has 0 aliphatic heterocycles. The lowest BCUT2D eigenvalue weighted by Crippen LogP contribution is -2.22. The molecule has 0 aromatic heterocycles. The van der Waals surface area contributed by atoms with Crippen LogP contribution in [0.4, 0.5) is 11.4 Å². The summed E-state index contributed by atoms with van der Waals surface area (Å²) < 4.78 is 0. The Morgan fingerprint density at radius 3 is 2.33 bits per heavy atom. The summed E-state index contributed by atoms with van der Waals surface area (Å²) >= 11 is 1.40. The summed E-state index contributed by atoms with van der Waals surface area (Å²) in [7, 11) is 0. The van der Waals surface area contributed by atoms with Crippen LogP contribution in [0, 0.1) is 0 Å². The monoisotopic (exact) mass is 420 g/mol. The number of anilines is 2. The van der Waals surface area contributed by atoms with Gasteiger partial charge in [-0.3, -0.25) is 9.59 Å². The van der Waals surface area contributed by atoms with E-state index < -0.39 is 11.9 Å². The molecule has 152 valence electrons. The van der Waals surface area contributed by atoms with E-state index in [9.17, 15) is 14.4 Å². The van der Waals surface area contributed by atoms with Crippen molar-refractivity contribution < 1.29 is 19.5 Å². The van der Waals surface area contributed by atoms with Crippen molar-refractivity contribution in [3.63, 3.8) is 0 Å². The van der Waals surface area contributed by atoms with E-state index in [1.165, 1.54) is 11.8 Å². The zero-order valence-corrected chi connectivity index (χ0v) is 17.0. The second-order valence-electron chi connectivity index (χ2n) is 6.46. The number of rotatable bonds is 7. The maximum Gasteiger partial charge on any atom is 0.328 e. The normalized spacial score (nSPS) is 11.9. The van der Waals surface area contributed by atoms with Gasteiger partial charge in [-0.05, 0) is 42.6 Å². The predicted molar refractivity (Wildman–Crippen MR) is 120 cm³/mol. The average molecular weight is 420 g/mol. The first-order valence-corrected chi connectivity index (χ1v) is 10.1. The minimum atomic E-state index is -1.19. The van der Waals surface area contributed by atoms with Crippen LogP contribution in [0.2, 0.25) is 0 Å². The van der Waals surface area contributed by atoms with Crippen molar-refractivity contribution in [2.75, 3.05) is 10.6 Å². The van der Waals surface area contributed by atoms with E-state index in [4.69, 9.17) is 5.11 Å². The molecule has 0 aliphatic carbocycles. The van der Waals surface area contributed by atoms with Gasteiger partial charge in [0.2, 0.25) is 11.8 Å². The number of fused-ring (bicyclic) bond motifs is 1. The molecular weight excluding hydrogens is 400 g/mol. The molecule has 1 atom stereocenters. The van der Waals surface area contributed by atoms with Crippen molar-refractivity contribution in [3.8, 4) is 0 Å². The number of thioether (sulfide) groups is 1. The van der Waals surface area contributed by atoms with Crippen LogP contribution in [0.5, 0.6) is 0 Å². The predicted octanol–water partition coefficient (Wildman–Crippen LogP) is 4.54. The van der Waals surface area contributed by atoms with Crippen molar-refractivity contribution in [1.29, 1.82) is 0 Å². The summed E-state index contributed by atoms with van der Waals surface area (Å²) in [5.41, 5.74) is 1.31. The third kappa shape index (κ3) is 5.71. The molecule has 2 amide bonds. The van der Waals surface area contributed by atoms with Gasteiger partial charge in [0, 0.05) is 33.8 Å². The summed E-state index contributed by atoms with van der Waals surface area (Å²) in [6, 6.07) is 20.7. The number of carboxylic acid groups (broad SMARTS) is 1. The lowest BCUT2D eigenvalue weighted by Gasteiger charge is -2.14. The van der Waals surface area contributed by atoms with E-state index in [2.05, 4.69) is 10.6 Å². The molecule has 0 bridgehead atoms. The van der Waals surface area contributed by atoms with Crippen LogP contribution in [0.15, 0.2) is 83.8 Å². The highest BCUT2D eigenvalue weighted by atomic mass is 32.2. The van der Waals surface area contributed by atoms with Gasteiger partial charge in [-0.2, -0.15) is 0 Å². The standard InChI is InChI=1S/C23H20N2O4S/c1-15(23(29)25-20-8-4-6-16-5-2-3-7-19(16)20)30-18-11-9-17(10-12-18)24-21(26)13-14-22(27)28/h2-15H,1H3,(H,24,26)(H,25,29)(H,27,28)/b14-13+. The highest BCUT2D eigenvalue weighted by molar-refractivity contribution is 8.00. The van der Waals surface area contributed by atoms with Crippen LogP contribution in [0.3, 0.4) is 0 Å². The lowest BCUT2D eigenvalue weighted by atomic mass is 10.1. The maximum absolute atomic E-state index is 12.7. The van der Waals surface area contributed by atoms with Crippen molar-refractivity contribution in [2.45, 2.75) is 17.1 Å². The lowest BCUT2D eigenvalue weighted by molar-refractivity contribution is -0.131. The van der Waals surface area contributed by atoms with Crippen LogP contribution >= 0.6 is 11.8 Å². The first-order chi connectivity index (χ1) is 14.4. The van der Waals surface area contributed by atoms with E-state index in [0.29, 0.717) is 5.69 Å². The maximum atomic E-state index is 12.7. The van der Waals surface area contributed by atoms with Crippen LogP contribution in [-0.4, -0.2) is 28.1 Å². The van der Waals surface area contributed by atoms with E-state index in [1.54, 1.807) is 24.3 Å². The number of nitrogens with one attached hydrogen (secondary N) is 2. The van der Waals surface area contributed by atoms with Crippen LogP contribution in [-0.2, 0) is 14.4 Å². The molecule has 0 fully saturated rings. The summed E-state index contributed by atoms with van der Waals surface area (Å²) in [6.07, 6.45) is 1.72. The fourth-order valence-electron chi connectivity index (χ4n) is 2.77. The molecule has 30 heavy (non-hydrogen) atoms. The molecular formula is C23H20N2O4S. The molecule has 6 nitrogen and oxygen atoms in total. The number of hydrogen-bond acceptors (Lipinski definition) is 4. The molecule has 3 N–H and O–H groups in total. The number of amides is 2. The number of aliphatic carboxylic acids is 1. The molecule has 1 unspecified atom stereocenters. The second kappa shape index (κ2) is 9.76. The smallest absolute Gasteiger partial charge is 0.328 e. The fourth-order valence-corrected chi connectivity index (χ4v) is 3.64. The largest absolute Gasteiger partial charge is 0.478 e. The van der Waals surface area contributed by atoms with Gasteiger partial charge in [-0.1, -0.05) is 36.4 Å². The summed E-state index contributed by atoms with van der Waals surface area (Å²) in [6.45, 7) is 1.83. The van der Waals surface area contributed by atoms with Crippen molar-refractivity contribution in [2.24, 2.45) is 0 Å². The molecule has 0 saturated heterocycles. The molecule has 7 heteroatoms. The molecule has 0 aliphatic rings. The van der Waals surface area contributed by atoms with E-state index in [1.807, 2.05) is 49.4 Å². The van der Waals surface area contributed by atoms with Crippen LogP contribution in [0.25, 0.3) is 10.8 Å². The van der Waals surface area contributed by atoms with Gasteiger partial charge in [0.15, 0.2) is 0 Å². The Bertz CT molecular complexity index is 1100. The Kier molecular flexibility index (Phi) is 6.87. The number of carboxylic acids is 1. The molecule has 3 aromatic rings. The summed E-state index contributed by atoms with van der Waals surface area (Å²) in [5, 5.41) is 15.8. The quantitative estimate of drug-likeness (QED) is 0.385. The molecule has 3 aromatic carbocycles. The van der Waals surface area contributed by atoms with Crippen LogP contribution in [0.1, 0.15) is 6.92 Å². The van der Waals surface area contributed by atoms with Crippen molar-refractivity contribution >= 4 is 51.7 Å². The average Bonchev–Trinajstić information content (AvgIpc) is 2.74. The van der Waals surface area contributed by atoms with Crippen molar-refractivity contribution in [1.82, 2.24) is 0 Å². The zero-order chi connectivity index (χ0) is 21.5. The van der Waals surface area contributed by atoms with E-state index >= 15 is 0 Å². The van der Waals surface area contributed by atoms with Gasteiger partial charge in [0.1, 0.15) is 0 Å². The first kappa shape index (κ1) is 21.1. The molecule has 0 saturated carbocycles. The van der Waals surface area contributed by atoms with Crippen molar-refractivity contribution in [3.05, 3.63) is 78.9 Å². The Morgan fingerprint density at radius 1 is 0.900 bits per heavy atom. The topological polar surface area (TPSA) is 95.5 Å². The number of carbonyl (C=O) groups is 3. The van der Waals surface area contributed by atoms with Gasteiger partial charge in [-0.15, -0.1) is 11.8 Å². The number of carbonyl (C=O) groups excluding carboxylic acids is 2. The van der Waals surface area contributed by atoms with Gasteiger partial charge in [0.05, 0.1) is 5.25 Å². The minimum absolute atomic E-state index is 0.104. The molecule has 3 rings (SSSR count). The Hall–Kier alpha value is -3.58. The molecule has 0 radical (unpaired) electrons. The van der Waals surface area contributed by atoms with Gasteiger partial charge in [0.25, 0.3) is 0 Å². The van der Waals surface area contributed by atoms with Gasteiger partial charge < -0.3 is 15.7 Å². The highest BCUT2D eigenvalue weighted by Crippen LogP contribution is 2.27. The van der Waals surface area contributed by atoms with E-state index in [0.717, 1.165) is 33.5 Å². The first-order valence-electron chi connectivity index (χ1n) is 9.20. The summed E-state index contributed by atoms with van der Waals surface area (Å²) in [5.74, 6) is -1.82. The Balaban J connectivity index is 1.60. The minimum Gasteiger partial charge on any atom is -0.478 e. The third-order valence-corrected chi connectivity index (χ3v) is 5.34. The van der Waals surface area contributed by atoms with Gasteiger partial charge in [-0.25, -0.2) is 4.79 Å². The number of benzene rings is 3. The van der Waals surface area contributed by atoms with E-state index in [-0.39, 0.29) is 11.2 Å². The number of hydrogen-bond donors (Lipinski definition) is 3. The zero-order valence-electron chi connectivity index (χ0n) is 16.2. The van der Waals surface area contributed by atoms with Gasteiger partial charge >= 0.3 is 5.97 Å². The second-order valence-corrected chi connectivity index (χ2v) is 7.88. The highest BCUT2D eigenvalue weighted by Gasteiger charge is 2.15. The molecule has 0 heterocycles. The Labute approximate surface area is 178 Å². The molecule has 0 spiro atoms. The fraction of sp³-hybridized carbons (Fsp3) is 0.0870. The van der Waals surface area contributed by atoms with Crippen LogP contribution < -0.4 is 10.6 Å². The SMILES string of the molecule is CC(Sc1ccc(NC(=O)/C=C/C(=O)O)cc1)C(=O)Nc1cccc2ccccc12. The summed E-state index contributed by atoms with van der Waals surface area (Å²) in [4.78, 5) is 35.6.